The minimum atomic E-state index is -4.76. The Hall–Kier alpha value is -1.43. The van der Waals surface area contributed by atoms with Crippen LogP contribution in [0.4, 0.5) is 4.79 Å². The summed E-state index contributed by atoms with van der Waals surface area (Å²) in [5, 5.41) is 6.49. The first-order valence-corrected chi connectivity index (χ1v) is 7.99. The topological polar surface area (TPSA) is 128 Å². The smallest absolute Gasteiger partial charge is 0.349 e. The molecule has 3 aliphatic heterocycles. The number of hydroxylamine groups is 2. The largest absolute Gasteiger partial charge is 0.418 e. The predicted octanol–water partition coefficient (Wildman–Crippen LogP) is -1.92. The summed E-state index contributed by atoms with van der Waals surface area (Å²) in [5.74, 6) is -0.248. The lowest BCUT2D eigenvalue weighted by atomic mass is 9.99. The van der Waals surface area contributed by atoms with Crippen LogP contribution in [-0.4, -0.2) is 72.6 Å². The first-order chi connectivity index (χ1) is 9.85. The molecule has 11 heteroatoms. The van der Waals surface area contributed by atoms with E-state index in [1.54, 1.807) is 0 Å². The van der Waals surface area contributed by atoms with Crippen LogP contribution in [0.15, 0.2) is 0 Å². The second kappa shape index (κ2) is 5.09. The second-order valence-electron chi connectivity index (χ2n) is 5.37. The molecule has 118 valence electrons. The van der Waals surface area contributed by atoms with E-state index in [1.807, 2.05) is 0 Å². The highest BCUT2D eigenvalue weighted by Crippen LogP contribution is 2.30. The van der Waals surface area contributed by atoms with Crippen LogP contribution in [0.1, 0.15) is 12.8 Å². The quantitative estimate of drug-likeness (QED) is 0.515. The molecule has 0 aromatic heterocycles. The first kappa shape index (κ1) is 14.5. The van der Waals surface area contributed by atoms with Gasteiger partial charge < -0.3 is 15.5 Å². The van der Waals surface area contributed by atoms with E-state index in [2.05, 4.69) is 14.9 Å². The molecule has 3 aliphatic rings. The third kappa shape index (κ3) is 2.81. The molecule has 2 atom stereocenters. The number of hydrogen-bond acceptors (Lipinski definition) is 6. The minimum absolute atomic E-state index is 0.0677. The molecule has 3 rings (SSSR count). The van der Waals surface area contributed by atoms with Crippen LogP contribution in [0, 0.1) is 0 Å². The van der Waals surface area contributed by atoms with Gasteiger partial charge in [-0.05, 0) is 12.8 Å². The zero-order valence-corrected chi connectivity index (χ0v) is 11.9. The van der Waals surface area contributed by atoms with Gasteiger partial charge in [-0.3, -0.25) is 9.35 Å². The zero-order chi connectivity index (χ0) is 15.2. The van der Waals surface area contributed by atoms with Crippen molar-refractivity contribution in [3.8, 4) is 0 Å². The van der Waals surface area contributed by atoms with Crippen molar-refractivity contribution in [3.05, 3.63) is 0 Å². The van der Waals surface area contributed by atoms with Gasteiger partial charge in [-0.15, -0.1) is 4.28 Å². The number of piperidine rings is 1. The fourth-order valence-corrected chi connectivity index (χ4v) is 3.18. The predicted molar refractivity (Wildman–Crippen MR) is 68.2 cm³/mol. The molecule has 3 saturated heterocycles. The van der Waals surface area contributed by atoms with Crippen LogP contribution in [0.3, 0.4) is 0 Å². The average molecular weight is 320 g/mol. The highest BCUT2D eigenvalue weighted by atomic mass is 32.3. The maximum absolute atomic E-state index is 12.2. The summed E-state index contributed by atoms with van der Waals surface area (Å²) >= 11 is 0. The number of carbonyl (C=O) groups excluding carboxylic acids is 2. The summed E-state index contributed by atoms with van der Waals surface area (Å²) in [6.07, 6.45) is 0.854. The van der Waals surface area contributed by atoms with Gasteiger partial charge in [0.15, 0.2) is 0 Å². The number of amides is 3. The van der Waals surface area contributed by atoms with Gasteiger partial charge in [0.1, 0.15) is 6.04 Å². The van der Waals surface area contributed by atoms with Gasteiger partial charge in [0, 0.05) is 19.6 Å². The summed E-state index contributed by atoms with van der Waals surface area (Å²) in [6.45, 7) is 1.61. The monoisotopic (exact) mass is 320 g/mol. The van der Waals surface area contributed by atoms with E-state index in [4.69, 9.17) is 4.55 Å². The minimum Gasteiger partial charge on any atom is -0.349 e. The number of nitrogens with zero attached hydrogens (tertiary/aromatic N) is 2. The molecular weight excluding hydrogens is 304 g/mol. The van der Waals surface area contributed by atoms with Crippen molar-refractivity contribution in [2.45, 2.75) is 31.0 Å². The molecule has 10 nitrogen and oxygen atoms in total. The Labute approximate surface area is 121 Å². The molecule has 3 heterocycles. The average Bonchev–Trinajstić information content (AvgIpc) is 2.58. The third-order valence-electron chi connectivity index (χ3n) is 3.93. The molecule has 2 bridgehead atoms. The lowest BCUT2D eigenvalue weighted by Crippen LogP contribution is -2.61. The Kier molecular flexibility index (Phi) is 3.51. The van der Waals surface area contributed by atoms with E-state index in [-0.39, 0.29) is 18.5 Å². The highest BCUT2D eigenvalue weighted by Gasteiger charge is 2.49. The summed E-state index contributed by atoms with van der Waals surface area (Å²) in [4.78, 5) is 25.6. The molecule has 3 amide bonds. The van der Waals surface area contributed by atoms with Crippen molar-refractivity contribution >= 4 is 22.3 Å². The summed E-state index contributed by atoms with van der Waals surface area (Å²) in [5.41, 5.74) is 0. The molecule has 21 heavy (non-hydrogen) atoms. The van der Waals surface area contributed by atoms with Gasteiger partial charge in [-0.1, -0.05) is 0 Å². The Morgan fingerprint density at radius 3 is 2.67 bits per heavy atom. The van der Waals surface area contributed by atoms with Crippen LogP contribution in [0.2, 0.25) is 0 Å². The second-order valence-corrected chi connectivity index (χ2v) is 6.38. The number of urea groups is 1. The van der Waals surface area contributed by atoms with Crippen molar-refractivity contribution in [2.75, 3.05) is 19.6 Å². The van der Waals surface area contributed by atoms with E-state index < -0.39 is 28.5 Å². The van der Waals surface area contributed by atoms with Gasteiger partial charge in [-0.2, -0.15) is 13.5 Å². The van der Waals surface area contributed by atoms with Crippen molar-refractivity contribution < 1.29 is 26.8 Å². The van der Waals surface area contributed by atoms with Crippen molar-refractivity contribution in [1.29, 1.82) is 0 Å². The number of nitrogens with one attached hydrogen (secondary N) is 2. The van der Waals surface area contributed by atoms with Gasteiger partial charge in [0.25, 0.3) is 0 Å². The Morgan fingerprint density at radius 1 is 1.38 bits per heavy atom. The van der Waals surface area contributed by atoms with Crippen molar-refractivity contribution in [3.63, 3.8) is 0 Å². The zero-order valence-electron chi connectivity index (χ0n) is 11.1. The Bertz CT molecular complexity index is 562. The molecule has 3 fully saturated rings. The third-order valence-corrected chi connectivity index (χ3v) is 4.28. The number of carbonyl (C=O) groups is 2. The fourth-order valence-electron chi connectivity index (χ4n) is 2.79. The molecule has 3 N–H and O–H groups in total. The van der Waals surface area contributed by atoms with E-state index in [0.29, 0.717) is 31.0 Å². The Morgan fingerprint density at radius 2 is 2.10 bits per heavy atom. The molecule has 0 spiro atoms. The van der Waals surface area contributed by atoms with Crippen molar-refractivity contribution in [2.24, 2.45) is 0 Å². The Balaban J connectivity index is 1.68. The van der Waals surface area contributed by atoms with E-state index in [0.717, 1.165) is 0 Å². The summed E-state index contributed by atoms with van der Waals surface area (Å²) < 4.78 is 34.5. The van der Waals surface area contributed by atoms with Crippen molar-refractivity contribution in [1.82, 2.24) is 20.6 Å². The molecular formula is C10H16N4O6S. The van der Waals surface area contributed by atoms with Crippen LogP contribution in [-0.2, 0) is 19.5 Å². The van der Waals surface area contributed by atoms with Gasteiger partial charge in [0.05, 0.1) is 12.1 Å². The summed E-state index contributed by atoms with van der Waals surface area (Å²) in [7, 11) is -4.76. The van der Waals surface area contributed by atoms with Crippen LogP contribution >= 0.6 is 0 Å². The molecule has 0 unspecified atom stereocenters. The SMILES string of the molecule is O=C(NC1CNC1)[C@@H]1CC[C@@H]2CN1C(=O)N2OS(=O)(=O)O. The standard InChI is InChI=1S/C10H16N4O6S/c15-9(12-6-3-11-4-6)8-2-1-7-5-13(8)10(16)14(7)20-21(17,18)19/h6-8,11H,1-5H2,(H,12,15)(H,17,18,19)/t7-,8+/m1/s1. The summed E-state index contributed by atoms with van der Waals surface area (Å²) in [6, 6.07) is -1.77. The van der Waals surface area contributed by atoms with E-state index >= 15 is 0 Å². The number of hydrogen-bond donors (Lipinski definition) is 3. The van der Waals surface area contributed by atoms with E-state index in [9.17, 15) is 18.0 Å². The highest BCUT2D eigenvalue weighted by molar-refractivity contribution is 7.80. The van der Waals surface area contributed by atoms with Gasteiger partial charge >= 0.3 is 16.4 Å². The molecule has 0 aromatic rings. The molecule has 0 saturated carbocycles. The molecule has 0 aromatic carbocycles. The fraction of sp³-hybridized carbons (Fsp3) is 0.800. The maximum Gasteiger partial charge on any atom is 0.418 e. The van der Waals surface area contributed by atoms with E-state index in [1.165, 1.54) is 4.90 Å². The van der Waals surface area contributed by atoms with Crippen LogP contribution in [0.5, 0.6) is 0 Å². The van der Waals surface area contributed by atoms with Gasteiger partial charge in [0.2, 0.25) is 5.91 Å². The molecule has 0 radical (unpaired) electrons. The number of fused-ring (bicyclic) bond motifs is 2. The van der Waals surface area contributed by atoms with Crippen LogP contribution < -0.4 is 10.6 Å². The first-order valence-electron chi connectivity index (χ1n) is 6.63. The van der Waals surface area contributed by atoms with Crippen LogP contribution in [0.25, 0.3) is 0 Å². The molecule has 0 aliphatic carbocycles. The lowest BCUT2D eigenvalue weighted by Gasteiger charge is -2.33. The maximum atomic E-state index is 12.2. The lowest BCUT2D eigenvalue weighted by molar-refractivity contribution is -0.127. The van der Waals surface area contributed by atoms with Gasteiger partial charge in [-0.25, -0.2) is 4.79 Å². The normalized spacial score (nSPS) is 29.5. The number of rotatable bonds is 4.